The van der Waals surface area contributed by atoms with Gasteiger partial charge in [0, 0.05) is 31.4 Å². The number of nitrogens with zero attached hydrogens (tertiary/aromatic N) is 3. The summed E-state index contributed by atoms with van der Waals surface area (Å²) < 4.78 is 2.01. The van der Waals surface area contributed by atoms with Crippen molar-refractivity contribution in [3.63, 3.8) is 0 Å². The van der Waals surface area contributed by atoms with Crippen LogP contribution in [0.4, 0.5) is 0 Å². The number of carbonyl (C=O) groups is 1. The minimum absolute atomic E-state index is 0.166. The predicted molar refractivity (Wildman–Crippen MR) is 95.8 cm³/mol. The van der Waals surface area contributed by atoms with Gasteiger partial charge >= 0.3 is 5.97 Å². The maximum atomic E-state index is 11.1. The zero-order valence-corrected chi connectivity index (χ0v) is 14.8. The van der Waals surface area contributed by atoms with Crippen LogP contribution in [0.25, 0.3) is 5.65 Å². The lowest BCUT2D eigenvalue weighted by Gasteiger charge is -2.43. The molecule has 25 heavy (non-hydrogen) atoms. The van der Waals surface area contributed by atoms with E-state index in [0.29, 0.717) is 23.0 Å². The topological polar surface area (TPSA) is 69.9 Å². The van der Waals surface area contributed by atoms with E-state index in [4.69, 9.17) is 16.7 Å². The Morgan fingerprint density at radius 1 is 1.40 bits per heavy atom. The first-order valence-electron chi connectivity index (χ1n) is 8.89. The van der Waals surface area contributed by atoms with Crippen LogP contribution in [0.2, 0.25) is 5.02 Å². The molecule has 2 fully saturated rings. The minimum atomic E-state index is -0.723. The molecule has 0 radical (unpaired) electrons. The smallest absolute Gasteiger partial charge is 0.317 e. The monoisotopic (exact) mass is 362 g/mol. The highest BCUT2D eigenvalue weighted by atomic mass is 35.5. The summed E-state index contributed by atoms with van der Waals surface area (Å²) in [7, 11) is 0. The molecule has 2 saturated carbocycles. The highest BCUT2D eigenvalue weighted by molar-refractivity contribution is 6.30. The lowest BCUT2D eigenvalue weighted by Crippen LogP contribution is -2.54. The van der Waals surface area contributed by atoms with Gasteiger partial charge in [-0.1, -0.05) is 11.6 Å². The molecule has 2 aromatic heterocycles. The molecule has 0 atom stereocenters. The third-order valence-corrected chi connectivity index (χ3v) is 5.50. The maximum Gasteiger partial charge on any atom is 0.317 e. The molecule has 2 N–H and O–H groups in total. The molecule has 4 rings (SSSR count). The zero-order chi connectivity index (χ0) is 17.4. The number of carboxylic acid groups (broad SMARTS) is 1. The van der Waals surface area contributed by atoms with Crippen molar-refractivity contribution in [2.24, 2.45) is 5.92 Å². The number of imidazole rings is 1. The summed E-state index contributed by atoms with van der Waals surface area (Å²) in [5, 5.41) is 13.4. The molecule has 2 heterocycles. The summed E-state index contributed by atoms with van der Waals surface area (Å²) in [6.07, 6.45) is 8.28. The van der Waals surface area contributed by atoms with E-state index in [9.17, 15) is 4.79 Å². The second kappa shape index (κ2) is 6.94. The van der Waals surface area contributed by atoms with Crippen molar-refractivity contribution < 1.29 is 9.90 Å². The van der Waals surface area contributed by atoms with Crippen LogP contribution >= 0.6 is 11.6 Å². The number of pyridine rings is 1. The Hall–Kier alpha value is -1.63. The number of rotatable bonds is 8. The molecular weight excluding hydrogens is 340 g/mol. The quantitative estimate of drug-likeness (QED) is 0.754. The van der Waals surface area contributed by atoms with E-state index in [-0.39, 0.29) is 6.54 Å². The van der Waals surface area contributed by atoms with E-state index < -0.39 is 5.97 Å². The van der Waals surface area contributed by atoms with E-state index in [2.05, 4.69) is 15.2 Å². The van der Waals surface area contributed by atoms with Crippen LogP contribution in [0.15, 0.2) is 24.5 Å². The van der Waals surface area contributed by atoms with Crippen LogP contribution in [-0.2, 0) is 11.3 Å². The summed E-state index contributed by atoms with van der Waals surface area (Å²) >= 11 is 6.07. The van der Waals surface area contributed by atoms with Crippen molar-refractivity contribution in [1.82, 2.24) is 19.6 Å². The summed E-state index contributed by atoms with van der Waals surface area (Å²) in [4.78, 5) is 17.6. The molecule has 134 valence electrons. The first kappa shape index (κ1) is 16.8. The second-order valence-corrected chi connectivity index (χ2v) is 7.73. The highest BCUT2D eigenvalue weighted by Crippen LogP contribution is 2.33. The first-order chi connectivity index (χ1) is 12.1. The van der Waals surface area contributed by atoms with Crippen LogP contribution in [-0.4, -0.2) is 50.5 Å². The van der Waals surface area contributed by atoms with Crippen molar-refractivity contribution in [3.05, 3.63) is 35.2 Å². The van der Waals surface area contributed by atoms with Crippen LogP contribution in [0, 0.1) is 5.92 Å². The Balaban J connectivity index is 1.30. The van der Waals surface area contributed by atoms with E-state index in [1.54, 1.807) is 0 Å². The fraction of sp³-hybridized carbons (Fsp3) is 0.556. The Kier molecular flexibility index (Phi) is 4.67. The standard InChI is InChI=1S/C18H23ClN4O2/c19-13-3-4-17-21-8-16(23(17)10-13)7-20-14-5-15(6-14)22(11-18(24)25)9-12-1-2-12/h3-4,8,10,12,14-15,20H,1-2,5-7,9,11H2,(H,24,25). The average Bonchev–Trinajstić information content (AvgIpc) is 3.24. The summed E-state index contributed by atoms with van der Waals surface area (Å²) in [5.41, 5.74) is 1.98. The van der Waals surface area contributed by atoms with Crippen molar-refractivity contribution in [1.29, 1.82) is 0 Å². The third kappa shape index (κ3) is 3.97. The number of hydrogen-bond donors (Lipinski definition) is 2. The molecule has 0 bridgehead atoms. The number of hydrogen-bond acceptors (Lipinski definition) is 4. The number of aromatic nitrogens is 2. The summed E-state index contributed by atoms with van der Waals surface area (Å²) in [6, 6.07) is 4.58. The van der Waals surface area contributed by atoms with Gasteiger partial charge in [0.2, 0.25) is 0 Å². The van der Waals surface area contributed by atoms with Gasteiger partial charge in [-0.15, -0.1) is 0 Å². The second-order valence-electron chi connectivity index (χ2n) is 7.29. The Morgan fingerprint density at radius 2 is 2.20 bits per heavy atom. The Labute approximate surface area is 151 Å². The van der Waals surface area contributed by atoms with Crippen LogP contribution < -0.4 is 5.32 Å². The number of nitrogens with one attached hydrogen (secondary N) is 1. The average molecular weight is 363 g/mol. The normalized spacial score (nSPS) is 23.1. The summed E-state index contributed by atoms with van der Waals surface area (Å²) in [6.45, 7) is 1.84. The zero-order valence-electron chi connectivity index (χ0n) is 14.1. The van der Waals surface area contributed by atoms with Gasteiger partial charge in [-0.25, -0.2) is 4.98 Å². The lowest BCUT2D eigenvalue weighted by atomic mass is 9.85. The van der Waals surface area contributed by atoms with E-state index >= 15 is 0 Å². The lowest BCUT2D eigenvalue weighted by molar-refractivity contribution is -0.139. The molecule has 0 aromatic carbocycles. The third-order valence-electron chi connectivity index (χ3n) is 5.28. The van der Waals surface area contributed by atoms with Crippen LogP contribution in [0.5, 0.6) is 0 Å². The Morgan fingerprint density at radius 3 is 2.92 bits per heavy atom. The number of aliphatic carboxylic acids is 1. The largest absolute Gasteiger partial charge is 0.480 e. The summed E-state index contributed by atoms with van der Waals surface area (Å²) in [5.74, 6) is -0.00562. The fourth-order valence-corrected chi connectivity index (χ4v) is 3.75. The molecule has 2 aromatic rings. The van der Waals surface area contributed by atoms with Gasteiger partial charge in [-0.2, -0.15) is 0 Å². The molecule has 0 unspecified atom stereocenters. The van der Waals surface area contributed by atoms with Gasteiger partial charge in [-0.3, -0.25) is 9.69 Å². The van der Waals surface area contributed by atoms with Crippen molar-refractivity contribution in [2.45, 2.75) is 44.3 Å². The molecule has 2 aliphatic carbocycles. The fourth-order valence-electron chi connectivity index (χ4n) is 3.59. The molecule has 0 aliphatic heterocycles. The number of carboxylic acids is 1. The molecule has 6 nitrogen and oxygen atoms in total. The first-order valence-corrected chi connectivity index (χ1v) is 9.27. The molecule has 2 aliphatic rings. The predicted octanol–water partition coefficient (Wildman–Crippen LogP) is 2.40. The van der Waals surface area contributed by atoms with Gasteiger partial charge in [0.05, 0.1) is 23.5 Å². The maximum absolute atomic E-state index is 11.1. The van der Waals surface area contributed by atoms with Crippen molar-refractivity contribution >= 4 is 23.2 Å². The van der Waals surface area contributed by atoms with Gasteiger partial charge < -0.3 is 14.8 Å². The number of fused-ring (bicyclic) bond motifs is 1. The molecule has 0 saturated heterocycles. The van der Waals surface area contributed by atoms with Crippen LogP contribution in [0.1, 0.15) is 31.4 Å². The van der Waals surface area contributed by atoms with Gasteiger partial charge in [0.1, 0.15) is 5.65 Å². The van der Waals surface area contributed by atoms with Gasteiger partial charge in [-0.05, 0) is 43.7 Å². The molecule has 0 amide bonds. The van der Waals surface area contributed by atoms with Crippen molar-refractivity contribution in [3.8, 4) is 0 Å². The SMILES string of the molecule is O=C(O)CN(CC1CC1)C1CC(NCc2cnc3ccc(Cl)cn23)C1. The molecule has 7 heteroatoms. The minimum Gasteiger partial charge on any atom is -0.480 e. The van der Waals surface area contributed by atoms with Crippen molar-refractivity contribution in [2.75, 3.05) is 13.1 Å². The number of halogens is 1. The highest BCUT2D eigenvalue weighted by Gasteiger charge is 2.36. The van der Waals surface area contributed by atoms with Gasteiger partial charge in [0.15, 0.2) is 0 Å². The van der Waals surface area contributed by atoms with E-state index in [1.807, 2.05) is 28.9 Å². The Bertz CT molecular complexity index is 768. The molecular formula is C18H23ClN4O2. The van der Waals surface area contributed by atoms with Crippen LogP contribution in [0.3, 0.4) is 0 Å². The van der Waals surface area contributed by atoms with E-state index in [0.717, 1.165) is 37.3 Å². The van der Waals surface area contributed by atoms with Gasteiger partial charge in [0.25, 0.3) is 0 Å². The molecule has 0 spiro atoms. The van der Waals surface area contributed by atoms with E-state index in [1.165, 1.54) is 12.8 Å².